The Hall–Kier alpha value is -1.96. The number of nitrogens with one attached hydrogen (secondary N) is 2. The molecule has 112 valence electrons. The van der Waals surface area contributed by atoms with E-state index >= 15 is 0 Å². The number of carbonyl (C=O) groups excluding carboxylic acids is 1. The van der Waals surface area contributed by atoms with Crippen LogP contribution in [0.25, 0.3) is 0 Å². The van der Waals surface area contributed by atoms with Crippen LogP contribution in [0.3, 0.4) is 0 Å². The number of amides is 2. The van der Waals surface area contributed by atoms with Gasteiger partial charge in [0.2, 0.25) is 0 Å². The zero-order valence-electron chi connectivity index (χ0n) is 10.7. The van der Waals surface area contributed by atoms with Crippen LogP contribution in [-0.2, 0) is 0 Å². The van der Waals surface area contributed by atoms with Crippen molar-refractivity contribution in [3.8, 4) is 5.75 Å². The molecule has 0 bridgehead atoms. The van der Waals surface area contributed by atoms with Crippen LogP contribution in [-0.4, -0.2) is 36.8 Å². The van der Waals surface area contributed by atoms with Crippen LogP contribution in [0.4, 0.5) is 23.7 Å². The van der Waals surface area contributed by atoms with Gasteiger partial charge in [0, 0.05) is 6.07 Å². The minimum absolute atomic E-state index is 0.0506. The fourth-order valence-corrected chi connectivity index (χ4v) is 1.30. The smallest absolute Gasteiger partial charge is 0.319 e. The molecule has 1 atom stereocenters. The molecule has 0 aromatic heterocycles. The van der Waals surface area contributed by atoms with Crippen LogP contribution in [0.1, 0.15) is 6.92 Å². The summed E-state index contributed by atoms with van der Waals surface area (Å²) in [6.07, 6.45) is -2.71. The summed E-state index contributed by atoms with van der Waals surface area (Å²) < 4.78 is 41.9. The summed E-state index contributed by atoms with van der Waals surface area (Å²) in [5.41, 5.74) is 0.0506. The Morgan fingerprint density at radius 2 is 2.15 bits per heavy atom. The Bertz CT molecular complexity index is 458. The summed E-state index contributed by atoms with van der Waals surface area (Å²) in [5.74, 6) is -0.874. The molecule has 3 N–H and O–H groups in total. The van der Waals surface area contributed by atoms with Crippen LogP contribution < -0.4 is 15.4 Å². The molecule has 0 saturated carbocycles. The molecule has 20 heavy (non-hydrogen) atoms. The zero-order valence-corrected chi connectivity index (χ0v) is 10.7. The molecule has 0 radical (unpaired) electrons. The minimum Gasteiger partial charge on any atom is -0.485 e. The van der Waals surface area contributed by atoms with Crippen molar-refractivity contribution in [1.29, 1.82) is 0 Å². The molecule has 1 aromatic rings. The minimum atomic E-state index is -2.71. The SMILES string of the molecule is C[C@@H](CO)NC(=O)Nc1ccc(F)cc1OCC(F)F. The van der Waals surface area contributed by atoms with Gasteiger partial charge in [-0.3, -0.25) is 0 Å². The molecule has 0 saturated heterocycles. The number of hydrogen-bond acceptors (Lipinski definition) is 3. The Morgan fingerprint density at radius 3 is 2.75 bits per heavy atom. The number of aliphatic hydroxyl groups is 1. The predicted octanol–water partition coefficient (Wildman–Crippen LogP) is 1.97. The highest BCUT2D eigenvalue weighted by atomic mass is 19.3. The monoisotopic (exact) mass is 292 g/mol. The highest BCUT2D eigenvalue weighted by Crippen LogP contribution is 2.25. The van der Waals surface area contributed by atoms with Gasteiger partial charge in [-0.1, -0.05) is 0 Å². The van der Waals surface area contributed by atoms with Crippen molar-refractivity contribution in [1.82, 2.24) is 5.32 Å². The van der Waals surface area contributed by atoms with E-state index in [1.165, 1.54) is 6.07 Å². The number of urea groups is 1. The molecule has 0 aliphatic heterocycles. The molecule has 0 heterocycles. The number of hydrogen-bond donors (Lipinski definition) is 3. The molecule has 0 aliphatic carbocycles. The average molecular weight is 292 g/mol. The van der Waals surface area contributed by atoms with Crippen LogP contribution in [0, 0.1) is 5.82 Å². The van der Waals surface area contributed by atoms with Gasteiger partial charge in [-0.15, -0.1) is 0 Å². The molecule has 8 heteroatoms. The van der Waals surface area contributed by atoms with E-state index < -0.39 is 30.9 Å². The second-order valence-corrected chi connectivity index (χ2v) is 4.02. The van der Waals surface area contributed by atoms with Crippen molar-refractivity contribution in [3.05, 3.63) is 24.0 Å². The van der Waals surface area contributed by atoms with Gasteiger partial charge >= 0.3 is 6.03 Å². The summed E-state index contributed by atoms with van der Waals surface area (Å²) >= 11 is 0. The lowest BCUT2D eigenvalue weighted by molar-refractivity contribution is 0.0821. The number of alkyl halides is 2. The predicted molar refractivity (Wildman–Crippen MR) is 66.6 cm³/mol. The van der Waals surface area contributed by atoms with Gasteiger partial charge in [0.15, 0.2) is 0 Å². The first-order valence-electron chi connectivity index (χ1n) is 5.81. The van der Waals surface area contributed by atoms with Crippen molar-refractivity contribution in [2.24, 2.45) is 0 Å². The summed E-state index contributed by atoms with van der Waals surface area (Å²) in [7, 11) is 0. The van der Waals surface area contributed by atoms with Gasteiger partial charge < -0.3 is 20.5 Å². The Balaban J connectivity index is 2.75. The molecule has 0 unspecified atom stereocenters. The van der Waals surface area contributed by atoms with E-state index in [0.717, 1.165) is 12.1 Å². The van der Waals surface area contributed by atoms with Crippen molar-refractivity contribution >= 4 is 11.7 Å². The summed E-state index contributed by atoms with van der Waals surface area (Å²) in [5, 5.41) is 13.5. The lowest BCUT2D eigenvalue weighted by Gasteiger charge is -2.15. The molecule has 0 fully saturated rings. The number of rotatable bonds is 6. The van der Waals surface area contributed by atoms with E-state index in [9.17, 15) is 18.0 Å². The maximum absolute atomic E-state index is 13.0. The van der Waals surface area contributed by atoms with Crippen molar-refractivity contribution in [2.45, 2.75) is 19.4 Å². The molecule has 0 aliphatic rings. The first kappa shape index (κ1) is 16.1. The maximum Gasteiger partial charge on any atom is 0.319 e. The molecule has 1 aromatic carbocycles. The molecule has 5 nitrogen and oxygen atoms in total. The fraction of sp³-hybridized carbons (Fsp3) is 0.417. The standard InChI is InChI=1S/C12H15F3N2O3/c1-7(5-18)16-12(19)17-9-3-2-8(13)4-10(9)20-6-11(14)15/h2-4,7,11,18H,5-6H2,1H3,(H2,16,17,19)/t7-/m0/s1. The number of benzene rings is 1. The van der Waals surface area contributed by atoms with Crippen LogP contribution in [0.2, 0.25) is 0 Å². The third-order valence-electron chi connectivity index (χ3n) is 2.21. The lowest BCUT2D eigenvalue weighted by atomic mass is 10.3. The quantitative estimate of drug-likeness (QED) is 0.750. The van der Waals surface area contributed by atoms with Crippen LogP contribution in [0.5, 0.6) is 5.75 Å². The Morgan fingerprint density at radius 1 is 1.45 bits per heavy atom. The van der Waals surface area contributed by atoms with Gasteiger partial charge in [-0.2, -0.15) is 0 Å². The van der Waals surface area contributed by atoms with Gasteiger partial charge in [-0.05, 0) is 19.1 Å². The zero-order chi connectivity index (χ0) is 15.1. The lowest BCUT2D eigenvalue weighted by Crippen LogP contribution is -2.38. The number of carbonyl (C=O) groups is 1. The normalized spacial score (nSPS) is 12.1. The molecule has 1 rings (SSSR count). The highest BCUT2D eigenvalue weighted by Gasteiger charge is 2.12. The number of anilines is 1. The first-order chi connectivity index (χ1) is 9.42. The second kappa shape index (κ2) is 7.59. The van der Waals surface area contributed by atoms with Crippen molar-refractivity contribution in [3.63, 3.8) is 0 Å². The van der Waals surface area contributed by atoms with E-state index in [0.29, 0.717) is 0 Å². The molecule has 2 amide bonds. The van der Waals surface area contributed by atoms with E-state index in [2.05, 4.69) is 10.6 Å². The van der Waals surface area contributed by atoms with E-state index in [-0.39, 0.29) is 18.0 Å². The van der Waals surface area contributed by atoms with Gasteiger partial charge in [0.05, 0.1) is 18.3 Å². The van der Waals surface area contributed by atoms with Crippen LogP contribution in [0.15, 0.2) is 18.2 Å². The van der Waals surface area contributed by atoms with Gasteiger partial charge in [-0.25, -0.2) is 18.0 Å². The molecular formula is C12H15F3N2O3. The topological polar surface area (TPSA) is 70.6 Å². The van der Waals surface area contributed by atoms with Crippen molar-refractivity contribution < 1.29 is 27.8 Å². The number of aliphatic hydroxyl groups excluding tert-OH is 1. The third kappa shape index (κ3) is 5.35. The third-order valence-corrected chi connectivity index (χ3v) is 2.21. The summed E-state index contributed by atoms with van der Waals surface area (Å²) in [6.45, 7) is 0.400. The van der Waals surface area contributed by atoms with E-state index in [1.54, 1.807) is 6.92 Å². The van der Waals surface area contributed by atoms with Crippen LogP contribution >= 0.6 is 0 Å². The highest BCUT2D eigenvalue weighted by molar-refractivity contribution is 5.91. The van der Waals surface area contributed by atoms with Gasteiger partial charge in [0.25, 0.3) is 6.43 Å². The van der Waals surface area contributed by atoms with E-state index in [1.807, 2.05) is 0 Å². The average Bonchev–Trinajstić information content (AvgIpc) is 2.38. The second-order valence-electron chi connectivity index (χ2n) is 4.02. The maximum atomic E-state index is 13.0. The fourth-order valence-electron chi connectivity index (χ4n) is 1.30. The number of halogens is 3. The molecular weight excluding hydrogens is 277 g/mol. The molecule has 0 spiro atoms. The largest absolute Gasteiger partial charge is 0.485 e. The summed E-state index contributed by atoms with van der Waals surface area (Å²) in [6, 6.07) is 1.99. The first-order valence-corrected chi connectivity index (χ1v) is 5.81. The summed E-state index contributed by atoms with van der Waals surface area (Å²) in [4.78, 5) is 11.5. The number of ether oxygens (including phenoxy) is 1. The Kier molecular flexibility index (Phi) is 6.10. The van der Waals surface area contributed by atoms with E-state index in [4.69, 9.17) is 9.84 Å². The Labute approximate surface area is 113 Å². The van der Waals surface area contributed by atoms with Crippen molar-refractivity contribution in [2.75, 3.05) is 18.5 Å². The van der Waals surface area contributed by atoms with Gasteiger partial charge in [0.1, 0.15) is 18.2 Å².